The van der Waals surface area contributed by atoms with Gasteiger partial charge in [0.1, 0.15) is 30.7 Å². The Bertz CT molecular complexity index is 961. The molecule has 1 amide bonds. The Labute approximate surface area is 188 Å². The fourth-order valence-corrected chi connectivity index (χ4v) is 4.04. The van der Waals surface area contributed by atoms with Gasteiger partial charge in [-0.3, -0.25) is 9.69 Å². The predicted octanol–water partition coefficient (Wildman–Crippen LogP) is 0.0607. The number of rotatable bonds is 8. The Kier molecular flexibility index (Phi) is 6.84. The van der Waals surface area contributed by atoms with E-state index in [2.05, 4.69) is 9.68 Å². The largest absolute Gasteiger partial charge is 0.485 e. The van der Waals surface area contributed by atoms with Gasteiger partial charge in [0.05, 0.1) is 30.3 Å². The van der Waals surface area contributed by atoms with Crippen molar-refractivity contribution in [1.29, 1.82) is 5.26 Å². The number of hydrogen-bond acceptors (Lipinski definition) is 11. The summed E-state index contributed by atoms with van der Waals surface area (Å²) in [6.07, 6.45) is -1.11. The topological polar surface area (TPSA) is 182 Å². The van der Waals surface area contributed by atoms with Crippen molar-refractivity contribution in [2.45, 2.75) is 37.6 Å². The molecule has 1 aromatic rings. The first-order chi connectivity index (χ1) is 15.5. The van der Waals surface area contributed by atoms with E-state index in [1.54, 1.807) is 32.0 Å². The maximum Gasteiger partial charge on any atom is 0.294 e. The molecule has 1 aromatic carbocycles. The van der Waals surface area contributed by atoms with Gasteiger partial charge in [0.2, 0.25) is 5.91 Å². The molecule has 2 atom stereocenters. The number of carbonyl (C=O) groups excluding carboxylic acids is 1. The van der Waals surface area contributed by atoms with E-state index in [0.29, 0.717) is 16.9 Å². The molecule has 3 rings (SSSR count). The maximum absolute atomic E-state index is 13.1. The highest BCUT2D eigenvalue weighted by Gasteiger charge is 2.48. The molecule has 0 spiro atoms. The van der Waals surface area contributed by atoms with E-state index in [9.17, 15) is 35.4 Å². The van der Waals surface area contributed by atoms with Crippen molar-refractivity contribution in [3.05, 3.63) is 49.6 Å². The van der Waals surface area contributed by atoms with E-state index < -0.39 is 53.1 Å². The number of fused-ring (bicyclic) bond motifs is 1. The Morgan fingerprint density at radius 2 is 1.91 bits per heavy atom. The number of aliphatic hydroxyl groups excluding tert-OH is 1. The third-order valence-corrected chi connectivity index (χ3v) is 5.73. The maximum atomic E-state index is 13.1. The van der Waals surface area contributed by atoms with Crippen molar-refractivity contribution in [3.8, 4) is 11.8 Å². The Balaban J connectivity index is 1.83. The van der Waals surface area contributed by atoms with Gasteiger partial charge in [0.25, 0.3) is 10.2 Å². The number of ether oxygens (including phenoxy) is 1. The summed E-state index contributed by atoms with van der Waals surface area (Å²) < 4.78 is 5.89. The van der Waals surface area contributed by atoms with Gasteiger partial charge >= 0.3 is 0 Å². The van der Waals surface area contributed by atoms with Crippen LogP contribution in [0.25, 0.3) is 0 Å². The van der Waals surface area contributed by atoms with Crippen LogP contribution in [-0.2, 0) is 14.5 Å². The van der Waals surface area contributed by atoms with Crippen LogP contribution in [0.2, 0.25) is 0 Å². The summed E-state index contributed by atoms with van der Waals surface area (Å²) >= 11 is 0. The summed E-state index contributed by atoms with van der Waals surface area (Å²) in [5, 5.41) is 39.4. The van der Waals surface area contributed by atoms with E-state index in [0.717, 1.165) is 0 Å². The smallest absolute Gasteiger partial charge is 0.294 e. The van der Waals surface area contributed by atoms with Crippen molar-refractivity contribution >= 4 is 5.91 Å². The Morgan fingerprint density at radius 1 is 1.27 bits per heavy atom. The molecule has 1 saturated heterocycles. The number of carbonyl (C=O) groups is 1. The number of hydrogen-bond donors (Lipinski definition) is 1. The molecule has 0 aliphatic carbocycles. The predicted molar refractivity (Wildman–Crippen MR) is 108 cm³/mol. The molecule has 33 heavy (non-hydrogen) atoms. The lowest BCUT2D eigenvalue weighted by atomic mass is 9.84. The lowest BCUT2D eigenvalue weighted by Gasteiger charge is -2.48. The fraction of sp³-hybridized carbons (Fsp3) is 0.579. The average molecular weight is 465 g/mol. The van der Waals surface area contributed by atoms with Crippen molar-refractivity contribution in [1.82, 2.24) is 9.80 Å². The number of amides is 1. The first kappa shape index (κ1) is 24.0. The summed E-state index contributed by atoms with van der Waals surface area (Å²) in [6.45, 7) is 2.41. The molecule has 0 radical (unpaired) electrons. The zero-order valence-electron chi connectivity index (χ0n) is 17.9. The highest BCUT2D eigenvalue weighted by atomic mass is 17.0. The van der Waals surface area contributed by atoms with Gasteiger partial charge in [0.15, 0.2) is 0 Å². The SMILES string of the molecule is CC1(C)Oc2ccc(C#N)cc2[C@@H](N2CCN(C(CO[N+](=O)[O-])CO[N+](=O)[O-])CC2=O)[C@@H]1O. The molecular weight excluding hydrogens is 442 g/mol. The lowest BCUT2D eigenvalue weighted by molar-refractivity contribution is -0.767. The van der Waals surface area contributed by atoms with Crippen LogP contribution in [-0.4, -0.2) is 81.6 Å². The molecule has 0 unspecified atom stereocenters. The molecule has 2 heterocycles. The highest BCUT2D eigenvalue weighted by molar-refractivity contribution is 5.80. The van der Waals surface area contributed by atoms with Gasteiger partial charge in [-0.1, -0.05) is 0 Å². The minimum Gasteiger partial charge on any atom is -0.485 e. The molecular formula is C19H23N5O9. The van der Waals surface area contributed by atoms with Crippen LogP contribution < -0.4 is 4.74 Å². The molecule has 1 fully saturated rings. The van der Waals surface area contributed by atoms with Gasteiger partial charge in [-0.25, -0.2) is 0 Å². The van der Waals surface area contributed by atoms with Crippen LogP contribution in [0.3, 0.4) is 0 Å². The molecule has 2 aliphatic heterocycles. The zero-order valence-corrected chi connectivity index (χ0v) is 17.9. The molecule has 0 aromatic heterocycles. The third kappa shape index (κ3) is 5.21. The van der Waals surface area contributed by atoms with E-state index in [-0.39, 0.29) is 19.6 Å². The summed E-state index contributed by atoms with van der Waals surface area (Å²) in [5.74, 6) is 0.0321. The van der Waals surface area contributed by atoms with E-state index in [4.69, 9.17) is 4.74 Å². The Morgan fingerprint density at radius 3 is 2.45 bits per heavy atom. The number of benzene rings is 1. The van der Waals surface area contributed by atoms with Crippen LogP contribution in [0.15, 0.2) is 18.2 Å². The van der Waals surface area contributed by atoms with Gasteiger partial charge in [-0.15, -0.1) is 20.2 Å². The van der Waals surface area contributed by atoms with Crippen molar-refractivity contribution < 1.29 is 34.5 Å². The van der Waals surface area contributed by atoms with Crippen LogP contribution in [0.1, 0.15) is 31.0 Å². The van der Waals surface area contributed by atoms with E-state index >= 15 is 0 Å². The van der Waals surface area contributed by atoms with Crippen LogP contribution in [0.5, 0.6) is 5.75 Å². The molecule has 0 saturated carbocycles. The second kappa shape index (κ2) is 9.43. The van der Waals surface area contributed by atoms with Gasteiger partial charge in [0, 0.05) is 18.7 Å². The van der Waals surface area contributed by atoms with Gasteiger partial charge in [-0.2, -0.15) is 5.26 Å². The summed E-state index contributed by atoms with van der Waals surface area (Å²) in [5.41, 5.74) is -0.188. The van der Waals surface area contributed by atoms with Crippen LogP contribution in [0, 0.1) is 31.6 Å². The minimum absolute atomic E-state index is 0.111. The third-order valence-electron chi connectivity index (χ3n) is 5.73. The summed E-state index contributed by atoms with van der Waals surface area (Å²) in [4.78, 5) is 45.9. The average Bonchev–Trinajstić information content (AvgIpc) is 2.74. The first-order valence-electron chi connectivity index (χ1n) is 10.0. The monoisotopic (exact) mass is 465 g/mol. The number of aliphatic hydroxyl groups is 1. The van der Waals surface area contributed by atoms with Crippen molar-refractivity contribution in [3.63, 3.8) is 0 Å². The minimum atomic E-state index is -1.11. The first-order valence-corrected chi connectivity index (χ1v) is 10.0. The number of nitriles is 1. The lowest BCUT2D eigenvalue weighted by Crippen LogP contribution is -2.61. The zero-order chi connectivity index (χ0) is 24.3. The standard InChI is InChI=1S/C19H23N5O9/c1-19(2)18(26)17(14-7-12(8-20)3-4-15(14)33-19)22-6-5-21(9-16(22)25)13(10-31-23(27)28)11-32-24(29)30/h3-4,7,13,17-18,26H,5-6,9-11H2,1-2H3/t17-,18+/m1/s1. The second-order valence-electron chi connectivity index (χ2n) is 8.21. The number of nitrogens with zero attached hydrogens (tertiary/aromatic N) is 5. The number of piperazine rings is 1. The van der Waals surface area contributed by atoms with Crippen molar-refractivity contribution in [2.75, 3.05) is 32.8 Å². The summed E-state index contributed by atoms with van der Waals surface area (Å²) in [7, 11) is 0. The highest BCUT2D eigenvalue weighted by Crippen LogP contribution is 2.43. The van der Waals surface area contributed by atoms with Gasteiger partial charge < -0.3 is 24.4 Å². The molecule has 1 N–H and O–H groups in total. The molecule has 178 valence electrons. The van der Waals surface area contributed by atoms with E-state index in [1.807, 2.05) is 6.07 Å². The quantitative estimate of drug-likeness (QED) is 0.405. The normalized spacial score (nSPS) is 22.2. The Hall–Kier alpha value is -3.70. The molecule has 2 aliphatic rings. The van der Waals surface area contributed by atoms with E-state index in [1.165, 1.54) is 9.80 Å². The second-order valence-corrected chi connectivity index (χ2v) is 8.21. The summed E-state index contributed by atoms with van der Waals surface area (Å²) in [6, 6.07) is 5.08. The fourth-order valence-electron chi connectivity index (χ4n) is 4.04. The van der Waals surface area contributed by atoms with Crippen LogP contribution >= 0.6 is 0 Å². The molecule has 14 nitrogen and oxygen atoms in total. The van der Waals surface area contributed by atoms with Crippen LogP contribution in [0.4, 0.5) is 0 Å². The molecule has 14 heteroatoms. The molecule has 0 bridgehead atoms. The van der Waals surface area contributed by atoms with Crippen molar-refractivity contribution in [2.24, 2.45) is 0 Å². The van der Waals surface area contributed by atoms with Gasteiger partial charge in [-0.05, 0) is 32.0 Å².